The summed E-state index contributed by atoms with van der Waals surface area (Å²) in [6.45, 7) is 48.0. The van der Waals surface area contributed by atoms with Gasteiger partial charge in [-0.1, -0.05) is 348 Å². The third-order valence-corrected chi connectivity index (χ3v) is 14.1. The highest BCUT2D eigenvalue weighted by Crippen LogP contribution is 2.59. The van der Waals surface area contributed by atoms with E-state index in [0.717, 1.165) is 35.6 Å². The Labute approximate surface area is 545 Å². The van der Waals surface area contributed by atoms with Gasteiger partial charge in [-0.15, -0.1) is 0 Å². The summed E-state index contributed by atoms with van der Waals surface area (Å²) < 4.78 is 0. The molecule has 3 aliphatic carbocycles. The molecule has 0 aromatic heterocycles. The number of hydrogen-bond acceptors (Lipinski definition) is 2. The van der Waals surface area contributed by atoms with Gasteiger partial charge in [0.05, 0.1) is 16.8 Å². The molecule has 0 fully saturated rings. The van der Waals surface area contributed by atoms with Gasteiger partial charge in [0, 0.05) is 33.9 Å². The lowest BCUT2D eigenvalue weighted by molar-refractivity contribution is 0.768. The van der Waals surface area contributed by atoms with E-state index in [1.807, 2.05) is 166 Å². The Kier molecular flexibility index (Phi) is 39.2. The molecule has 0 aliphatic heterocycles. The molecule has 0 saturated carbocycles. The van der Waals surface area contributed by atoms with Crippen molar-refractivity contribution < 1.29 is 0 Å². The number of benzene rings is 10. The van der Waals surface area contributed by atoms with Gasteiger partial charge in [0.2, 0.25) is 0 Å². The van der Waals surface area contributed by atoms with E-state index in [2.05, 4.69) is 252 Å². The third kappa shape index (κ3) is 17.2. The summed E-state index contributed by atoms with van der Waals surface area (Å²) in [5, 5.41) is 0. The predicted octanol–water partition coefficient (Wildman–Crippen LogP) is 28.4. The van der Waals surface area contributed by atoms with Crippen molar-refractivity contribution in [3.8, 4) is 33.4 Å². The van der Waals surface area contributed by atoms with Crippen LogP contribution in [0.25, 0.3) is 33.4 Å². The highest BCUT2D eigenvalue weighted by atomic mass is 15.2. The average Bonchev–Trinajstić information content (AvgIpc) is 1.57. The SMILES string of the molecule is CC.CC.CC.CC.CC.CC.CC.CC.CC.CC.CC.CC.c1ccc(N(c2ccc3c(c2)C(c2ccccc2)(c2ccccc2)c2cc(N(c4ccccc4)c4cccc5c4-c4ccccc4C5)ccc2-3)c2cccc3c2-c2ccccc2C3)cc1. The maximum Gasteiger partial charge on any atom is 0.0715 e. The Morgan fingerprint density at radius 2 is 0.494 bits per heavy atom. The van der Waals surface area contributed by atoms with E-state index in [1.165, 1.54) is 89.3 Å². The number of rotatable bonds is 8. The lowest BCUT2D eigenvalue weighted by Crippen LogP contribution is -2.29. The van der Waals surface area contributed by atoms with Gasteiger partial charge >= 0.3 is 0 Å². The fourth-order valence-electron chi connectivity index (χ4n) is 11.5. The van der Waals surface area contributed by atoms with Crippen LogP contribution in [0.1, 0.15) is 211 Å². The van der Waals surface area contributed by atoms with Crippen molar-refractivity contribution in [2.24, 2.45) is 0 Å². The molecular weight excluding hydrogens is 1070 g/mol. The standard InChI is InChI=1S/C63H44N2.12C2H6/c1-5-23-47(24-6-1)63(48-25-7-2-8-26-48)57-41-51(64(49-27-9-3-10-28-49)59-33-17-21-45-39-43-19-13-15-31-53(43)61(45)59)35-37-55(57)56-38-36-52(42-58(56)63)65(50-29-11-4-12-30-50)60-34-18-22-46-40-44-20-14-16-32-54(44)62(46)60;12*1-2/h1-38,41-42H,39-40H2;12*1-2H3. The topological polar surface area (TPSA) is 6.48 Å². The first-order valence-electron chi connectivity index (χ1n) is 34.8. The van der Waals surface area contributed by atoms with Crippen molar-refractivity contribution in [2.45, 2.75) is 184 Å². The highest BCUT2D eigenvalue weighted by molar-refractivity contribution is 5.97. The molecule has 0 N–H and O–H groups in total. The first kappa shape index (κ1) is 78.8. The number of anilines is 6. The Morgan fingerprint density at radius 1 is 0.225 bits per heavy atom. The number of fused-ring (bicyclic) bond motifs is 9. The van der Waals surface area contributed by atoms with Gasteiger partial charge in [0.15, 0.2) is 0 Å². The first-order valence-corrected chi connectivity index (χ1v) is 34.8. The fraction of sp³-hybridized carbons (Fsp3) is 0.310. The van der Waals surface area contributed by atoms with Gasteiger partial charge < -0.3 is 9.80 Å². The maximum atomic E-state index is 2.50. The van der Waals surface area contributed by atoms with Crippen molar-refractivity contribution in [3.05, 3.63) is 287 Å². The van der Waals surface area contributed by atoms with Gasteiger partial charge in [-0.3, -0.25) is 0 Å². The lowest BCUT2D eigenvalue weighted by Gasteiger charge is -2.36. The van der Waals surface area contributed by atoms with Crippen LogP contribution < -0.4 is 9.80 Å². The quantitative estimate of drug-likeness (QED) is 0.150. The molecule has 2 nitrogen and oxygen atoms in total. The summed E-state index contributed by atoms with van der Waals surface area (Å²) in [5.41, 5.74) is 24.5. The molecule has 3 aliphatic rings. The summed E-state index contributed by atoms with van der Waals surface area (Å²) in [5.74, 6) is 0. The van der Waals surface area contributed by atoms with E-state index in [4.69, 9.17) is 0 Å². The van der Waals surface area contributed by atoms with Crippen molar-refractivity contribution in [1.29, 1.82) is 0 Å². The second-order valence-corrected chi connectivity index (χ2v) is 17.6. The molecule has 474 valence electrons. The molecule has 0 heterocycles. The second-order valence-electron chi connectivity index (χ2n) is 17.6. The molecule has 0 bridgehead atoms. The van der Waals surface area contributed by atoms with E-state index in [0.29, 0.717) is 0 Å². The van der Waals surface area contributed by atoms with Gasteiger partial charge in [-0.05, 0) is 140 Å². The van der Waals surface area contributed by atoms with Gasteiger partial charge in [-0.2, -0.15) is 0 Å². The van der Waals surface area contributed by atoms with E-state index in [1.54, 1.807) is 0 Å². The van der Waals surface area contributed by atoms with E-state index >= 15 is 0 Å². The first-order chi connectivity index (χ1) is 44.3. The molecule has 0 atom stereocenters. The van der Waals surface area contributed by atoms with Crippen LogP contribution in [-0.2, 0) is 18.3 Å². The van der Waals surface area contributed by atoms with Crippen molar-refractivity contribution in [3.63, 3.8) is 0 Å². The van der Waals surface area contributed by atoms with E-state index < -0.39 is 5.41 Å². The molecule has 0 amide bonds. The van der Waals surface area contributed by atoms with Crippen LogP contribution in [-0.4, -0.2) is 0 Å². The van der Waals surface area contributed by atoms with Crippen LogP contribution in [0.3, 0.4) is 0 Å². The van der Waals surface area contributed by atoms with Crippen LogP contribution in [0.5, 0.6) is 0 Å². The van der Waals surface area contributed by atoms with Gasteiger partial charge in [-0.25, -0.2) is 0 Å². The minimum absolute atomic E-state index is 0.638. The second kappa shape index (κ2) is 44.3. The van der Waals surface area contributed by atoms with Crippen LogP contribution in [0.2, 0.25) is 0 Å². The smallest absolute Gasteiger partial charge is 0.0715 e. The van der Waals surface area contributed by atoms with Crippen LogP contribution in [0.4, 0.5) is 34.1 Å². The molecule has 89 heavy (non-hydrogen) atoms. The summed E-state index contributed by atoms with van der Waals surface area (Å²) in [4.78, 5) is 4.97. The Hall–Kier alpha value is -8.20. The average molecular weight is 1190 g/mol. The molecule has 0 radical (unpaired) electrons. The number of nitrogens with zero attached hydrogens (tertiary/aromatic N) is 2. The van der Waals surface area contributed by atoms with Crippen molar-refractivity contribution >= 4 is 34.1 Å². The zero-order valence-corrected chi connectivity index (χ0v) is 59.9. The molecule has 13 rings (SSSR count). The molecule has 10 aromatic carbocycles. The molecule has 10 aromatic rings. The van der Waals surface area contributed by atoms with Crippen LogP contribution >= 0.6 is 0 Å². The zero-order chi connectivity index (χ0) is 66.9. The molecule has 0 spiro atoms. The van der Waals surface area contributed by atoms with Crippen molar-refractivity contribution in [1.82, 2.24) is 0 Å². The van der Waals surface area contributed by atoms with E-state index in [9.17, 15) is 0 Å². The monoisotopic (exact) mass is 1190 g/mol. The molecular formula is C87H116N2. The Bertz CT molecular complexity index is 3200. The zero-order valence-electron chi connectivity index (χ0n) is 59.9. The van der Waals surface area contributed by atoms with Gasteiger partial charge in [0.1, 0.15) is 0 Å². The predicted molar refractivity (Wildman–Crippen MR) is 406 cm³/mol. The maximum absolute atomic E-state index is 2.50. The highest BCUT2D eigenvalue weighted by Gasteiger charge is 2.47. The number of para-hydroxylation sites is 2. The lowest BCUT2D eigenvalue weighted by atomic mass is 9.67. The van der Waals surface area contributed by atoms with Gasteiger partial charge in [0.25, 0.3) is 0 Å². The Morgan fingerprint density at radius 3 is 0.809 bits per heavy atom. The summed E-state index contributed by atoms with van der Waals surface area (Å²) in [6, 6.07) is 90.2. The Balaban J connectivity index is 0.00000149. The largest absolute Gasteiger partial charge is 0.310 e. The summed E-state index contributed by atoms with van der Waals surface area (Å²) in [6.07, 6.45) is 1.88. The summed E-state index contributed by atoms with van der Waals surface area (Å²) in [7, 11) is 0. The minimum atomic E-state index is -0.638. The molecule has 2 heteroatoms. The molecule has 0 saturated heterocycles. The molecule has 0 unspecified atom stereocenters. The normalized spacial score (nSPS) is 10.5. The van der Waals surface area contributed by atoms with Crippen LogP contribution in [0, 0.1) is 0 Å². The third-order valence-electron chi connectivity index (χ3n) is 14.1. The fourth-order valence-corrected chi connectivity index (χ4v) is 11.5. The van der Waals surface area contributed by atoms with Crippen molar-refractivity contribution in [2.75, 3.05) is 9.80 Å². The minimum Gasteiger partial charge on any atom is -0.310 e. The summed E-state index contributed by atoms with van der Waals surface area (Å²) >= 11 is 0. The number of hydrogen-bond donors (Lipinski definition) is 0. The van der Waals surface area contributed by atoms with E-state index in [-0.39, 0.29) is 0 Å². The van der Waals surface area contributed by atoms with Crippen LogP contribution in [0.15, 0.2) is 243 Å².